The lowest BCUT2D eigenvalue weighted by atomic mass is 9.99. The minimum absolute atomic E-state index is 0.238. The van der Waals surface area contributed by atoms with Crippen LogP contribution in [0.4, 0.5) is 10.5 Å². The molecule has 4 rings (SSSR count). The second-order valence-corrected chi connectivity index (χ2v) is 9.59. The highest BCUT2D eigenvalue weighted by Crippen LogP contribution is 2.38. The summed E-state index contributed by atoms with van der Waals surface area (Å²) in [5, 5.41) is 1.61. The van der Waals surface area contributed by atoms with Crippen LogP contribution in [0.3, 0.4) is 0 Å². The first-order chi connectivity index (χ1) is 12.9. The summed E-state index contributed by atoms with van der Waals surface area (Å²) in [6.45, 7) is 0.541. The van der Waals surface area contributed by atoms with Gasteiger partial charge in [-0.2, -0.15) is 0 Å². The number of sulfonamides is 1. The highest BCUT2D eigenvalue weighted by Gasteiger charge is 2.38. The van der Waals surface area contributed by atoms with E-state index < -0.39 is 27.2 Å². The van der Waals surface area contributed by atoms with Gasteiger partial charge in [0.25, 0.3) is 0 Å². The van der Waals surface area contributed by atoms with Crippen LogP contribution in [-0.2, 0) is 40.5 Å². The number of amides is 3. The number of carbonyl (C=O) groups is 2. The molecule has 1 aliphatic heterocycles. The minimum atomic E-state index is -4.07. The number of nitrogens with one attached hydrogen (secondary N) is 2. The van der Waals surface area contributed by atoms with Crippen molar-refractivity contribution in [3.63, 3.8) is 0 Å². The molecule has 1 fully saturated rings. The molecule has 1 atom stereocenters. The molecule has 1 saturated heterocycles. The quantitative estimate of drug-likeness (QED) is 0.820. The average Bonchev–Trinajstić information content (AvgIpc) is 3.25. The second kappa shape index (κ2) is 6.82. The maximum absolute atomic E-state index is 12.6. The van der Waals surface area contributed by atoms with Gasteiger partial charge in [0, 0.05) is 19.3 Å². The Labute approximate surface area is 159 Å². The number of anilines is 1. The van der Waals surface area contributed by atoms with E-state index in [0.29, 0.717) is 13.0 Å². The van der Waals surface area contributed by atoms with Crippen LogP contribution in [0.2, 0.25) is 0 Å². The first kappa shape index (κ1) is 18.3. The Hall–Kier alpha value is -2.09. The van der Waals surface area contributed by atoms with E-state index in [9.17, 15) is 18.0 Å². The third kappa shape index (κ3) is 3.31. The first-order valence-corrected chi connectivity index (χ1v) is 11.2. The molecule has 146 valence electrons. The van der Waals surface area contributed by atoms with Crippen LogP contribution >= 0.6 is 0 Å². The molecule has 0 spiro atoms. The lowest BCUT2D eigenvalue weighted by Crippen LogP contribution is -2.51. The Kier molecular flexibility index (Phi) is 4.61. The molecule has 0 saturated carbocycles. The van der Waals surface area contributed by atoms with Crippen molar-refractivity contribution in [2.75, 3.05) is 18.9 Å². The van der Waals surface area contributed by atoms with E-state index in [1.54, 1.807) is 7.05 Å². The van der Waals surface area contributed by atoms with Gasteiger partial charge in [-0.15, -0.1) is 0 Å². The molecule has 7 nitrogen and oxygen atoms in total. The van der Waals surface area contributed by atoms with E-state index in [-0.39, 0.29) is 6.42 Å². The fourth-order valence-electron chi connectivity index (χ4n) is 4.59. The number of hydrogen-bond acceptors (Lipinski definition) is 4. The predicted molar refractivity (Wildman–Crippen MR) is 102 cm³/mol. The zero-order chi connectivity index (χ0) is 19.2. The number of piperidine rings is 1. The maximum Gasteiger partial charge on any atom is 0.332 e. The SMILES string of the molecule is CN1CCCC(S(=O)(=O)NC(=O)Nc2c3c(cc4c2CCC4)CCC3)C1=O. The molecule has 0 radical (unpaired) electrons. The normalized spacial score (nSPS) is 21.7. The van der Waals surface area contributed by atoms with E-state index in [1.165, 1.54) is 16.0 Å². The highest BCUT2D eigenvalue weighted by molar-refractivity contribution is 7.91. The lowest BCUT2D eigenvalue weighted by Gasteiger charge is -2.28. The van der Waals surface area contributed by atoms with E-state index in [0.717, 1.165) is 55.3 Å². The molecule has 3 amide bonds. The number of carbonyl (C=O) groups excluding carboxylic acids is 2. The van der Waals surface area contributed by atoms with Crippen molar-refractivity contribution in [2.45, 2.75) is 56.6 Å². The van der Waals surface area contributed by atoms with Crippen LogP contribution in [0.5, 0.6) is 0 Å². The number of likely N-dealkylation sites (tertiary alicyclic amines) is 1. The molecule has 1 aromatic rings. The third-order valence-electron chi connectivity index (χ3n) is 5.93. The molecule has 1 aromatic carbocycles. The topological polar surface area (TPSA) is 95.6 Å². The summed E-state index contributed by atoms with van der Waals surface area (Å²) in [5.74, 6) is -0.456. The summed E-state index contributed by atoms with van der Waals surface area (Å²) in [5.41, 5.74) is 5.58. The number of fused-ring (bicyclic) bond motifs is 2. The number of urea groups is 1. The number of nitrogens with zero attached hydrogens (tertiary/aromatic N) is 1. The Morgan fingerprint density at radius 1 is 1.07 bits per heavy atom. The smallest absolute Gasteiger partial charge is 0.332 e. The van der Waals surface area contributed by atoms with Gasteiger partial charge in [0.15, 0.2) is 5.25 Å². The average molecular weight is 391 g/mol. The fourth-order valence-corrected chi connectivity index (χ4v) is 5.96. The molecule has 3 aliphatic rings. The third-order valence-corrected chi connectivity index (χ3v) is 7.59. The van der Waals surface area contributed by atoms with Gasteiger partial charge in [-0.25, -0.2) is 17.9 Å². The van der Waals surface area contributed by atoms with Gasteiger partial charge in [-0.05, 0) is 73.6 Å². The molecule has 0 aromatic heterocycles. The molecular weight excluding hydrogens is 366 g/mol. The van der Waals surface area contributed by atoms with Crippen molar-refractivity contribution in [3.8, 4) is 0 Å². The van der Waals surface area contributed by atoms with Crippen molar-refractivity contribution < 1.29 is 18.0 Å². The summed E-state index contributed by atoms with van der Waals surface area (Å²) in [6, 6.07) is 1.48. The standard InChI is InChI=1S/C19H25N3O4S/c1-22-10-4-9-16(18(22)23)27(25,26)21-19(24)20-17-14-7-2-5-12(14)11-13-6-3-8-15(13)17/h11,16H,2-10H2,1H3,(H2,20,21,24). The summed E-state index contributed by atoms with van der Waals surface area (Å²) in [7, 11) is -2.48. The fraction of sp³-hybridized carbons (Fsp3) is 0.579. The van der Waals surface area contributed by atoms with Gasteiger partial charge in [-0.3, -0.25) is 4.79 Å². The van der Waals surface area contributed by atoms with Gasteiger partial charge in [0.2, 0.25) is 15.9 Å². The summed E-state index contributed by atoms with van der Waals surface area (Å²) in [6.07, 6.45) is 6.75. The molecule has 2 aliphatic carbocycles. The van der Waals surface area contributed by atoms with Gasteiger partial charge >= 0.3 is 6.03 Å². The van der Waals surface area contributed by atoms with Crippen LogP contribution in [0, 0.1) is 0 Å². The zero-order valence-corrected chi connectivity index (χ0v) is 16.3. The van der Waals surface area contributed by atoms with Crippen LogP contribution in [0.25, 0.3) is 0 Å². The zero-order valence-electron chi connectivity index (χ0n) is 15.5. The number of aryl methyl sites for hydroxylation is 2. The van der Waals surface area contributed by atoms with Gasteiger partial charge in [0.1, 0.15) is 0 Å². The van der Waals surface area contributed by atoms with Gasteiger partial charge in [-0.1, -0.05) is 6.07 Å². The Morgan fingerprint density at radius 3 is 2.33 bits per heavy atom. The number of rotatable bonds is 3. The summed E-state index contributed by atoms with van der Waals surface area (Å²) in [4.78, 5) is 26.1. The van der Waals surface area contributed by atoms with E-state index >= 15 is 0 Å². The van der Waals surface area contributed by atoms with Crippen LogP contribution in [0.15, 0.2) is 6.07 Å². The van der Waals surface area contributed by atoms with Gasteiger partial charge < -0.3 is 10.2 Å². The van der Waals surface area contributed by atoms with E-state index in [1.807, 2.05) is 0 Å². The van der Waals surface area contributed by atoms with Crippen molar-refractivity contribution in [3.05, 3.63) is 28.3 Å². The summed E-state index contributed by atoms with van der Waals surface area (Å²) < 4.78 is 27.3. The molecule has 27 heavy (non-hydrogen) atoms. The lowest BCUT2D eigenvalue weighted by molar-refractivity contribution is -0.131. The van der Waals surface area contributed by atoms with Gasteiger partial charge in [0.05, 0.1) is 0 Å². The molecule has 1 heterocycles. The second-order valence-electron chi connectivity index (χ2n) is 7.73. The van der Waals surface area contributed by atoms with Crippen molar-refractivity contribution in [2.24, 2.45) is 0 Å². The van der Waals surface area contributed by atoms with Crippen LogP contribution in [-0.4, -0.2) is 44.1 Å². The van der Waals surface area contributed by atoms with E-state index in [2.05, 4.69) is 16.1 Å². The molecule has 0 bridgehead atoms. The van der Waals surface area contributed by atoms with Crippen molar-refractivity contribution in [1.82, 2.24) is 9.62 Å². The number of hydrogen-bond donors (Lipinski definition) is 2. The minimum Gasteiger partial charge on any atom is -0.345 e. The molecule has 2 N–H and O–H groups in total. The highest BCUT2D eigenvalue weighted by atomic mass is 32.2. The van der Waals surface area contributed by atoms with Crippen molar-refractivity contribution in [1.29, 1.82) is 0 Å². The van der Waals surface area contributed by atoms with Crippen molar-refractivity contribution >= 4 is 27.6 Å². The maximum atomic E-state index is 12.6. The van der Waals surface area contributed by atoms with E-state index in [4.69, 9.17) is 0 Å². The van der Waals surface area contributed by atoms with Crippen LogP contribution in [0.1, 0.15) is 47.9 Å². The summed E-state index contributed by atoms with van der Waals surface area (Å²) >= 11 is 0. The largest absolute Gasteiger partial charge is 0.345 e. The molecule has 8 heteroatoms. The predicted octanol–water partition coefficient (Wildman–Crippen LogP) is 1.74. The monoisotopic (exact) mass is 391 g/mol. The first-order valence-electron chi connectivity index (χ1n) is 9.61. The molecular formula is C19H25N3O4S. The Balaban J connectivity index is 1.55. The number of benzene rings is 1. The van der Waals surface area contributed by atoms with Crippen LogP contribution < -0.4 is 10.0 Å². The Bertz CT molecular complexity index is 878. The Morgan fingerprint density at radius 2 is 1.70 bits per heavy atom. The molecule has 1 unspecified atom stereocenters.